The van der Waals surface area contributed by atoms with Crippen LogP contribution in [-0.4, -0.2) is 15.0 Å². The molecule has 2 heterocycles. The van der Waals surface area contributed by atoms with Gasteiger partial charge in [0, 0.05) is 32.8 Å². The van der Waals surface area contributed by atoms with Crippen LogP contribution in [0.1, 0.15) is 0 Å². The second kappa shape index (κ2) is 13.4. The number of benzene rings is 8. The number of nitrogens with zero attached hydrogens (tertiary/aromatic N) is 4. The van der Waals surface area contributed by atoms with Crippen LogP contribution in [0.2, 0.25) is 0 Å². The van der Waals surface area contributed by atoms with Gasteiger partial charge in [0.1, 0.15) is 11.2 Å². The monoisotopic (exact) mass is 702 g/mol. The quantitative estimate of drug-likeness (QED) is 0.162. The molecule has 5 heteroatoms. The Kier molecular flexibility index (Phi) is 7.79. The maximum Gasteiger partial charge on any atom is 0.187 e. The molecule has 0 saturated carbocycles. The Morgan fingerprint density at radius 3 is 1.67 bits per heavy atom. The van der Waals surface area contributed by atoms with Gasteiger partial charge in [-0.05, 0) is 69.1 Å². The Morgan fingerprint density at radius 1 is 0.364 bits per heavy atom. The predicted molar refractivity (Wildman–Crippen MR) is 223 cm³/mol. The Balaban J connectivity index is 1.19. The molecular formula is C50H30N4O. The van der Waals surface area contributed by atoms with E-state index in [-0.39, 0.29) is 0 Å². The lowest BCUT2D eigenvalue weighted by molar-refractivity contribution is 0.672. The Morgan fingerprint density at radius 2 is 0.927 bits per heavy atom. The lowest BCUT2D eigenvalue weighted by Gasteiger charge is -2.13. The molecule has 0 aliphatic heterocycles. The van der Waals surface area contributed by atoms with Crippen molar-refractivity contribution in [1.29, 1.82) is 0 Å². The van der Waals surface area contributed by atoms with Crippen LogP contribution in [-0.2, 0) is 0 Å². The van der Waals surface area contributed by atoms with Crippen molar-refractivity contribution < 1.29 is 4.42 Å². The maximum absolute atomic E-state index is 7.44. The molecule has 10 aromatic rings. The lowest BCUT2D eigenvalue weighted by atomic mass is 9.95. The van der Waals surface area contributed by atoms with Crippen LogP contribution in [0.3, 0.4) is 0 Å². The summed E-state index contributed by atoms with van der Waals surface area (Å²) in [6.07, 6.45) is 0. The van der Waals surface area contributed by atoms with Gasteiger partial charge in [0.15, 0.2) is 23.2 Å². The van der Waals surface area contributed by atoms with Crippen LogP contribution in [0, 0.1) is 6.57 Å². The van der Waals surface area contributed by atoms with Gasteiger partial charge in [0.25, 0.3) is 0 Å². The molecule has 0 radical (unpaired) electrons. The number of rotatable bonds is 6. The minimum Gasteiger partial charge on any atom is -0.455 e. The van der Waals surface area contributed by atoms with Crippen molar-refractivity contribution in [1.82, 2.24) is 15.0 Å². The molecule has 0 N–H and O–H groups in total. The first-order chi connectivity index (χ1) is 27.2. The van der Waals surface area contributed by atoms with E-state index in [1.165, 1.54) is 0 Å². The van der Waals surface area contributed by atoms with Crippen molar-refractivity contribution in [2.75, 3.05) is 0 Å². The molecule has 0 amide bonds. The van der Waals surface area contributed by atoms with Crippen LogP contribution < -0.4 is 0 Å². The average molecular weight is 703 g/mol. The predicted octanol–water partition coefficient (Wildman–Crippen LogP) is 13.5. The minimum atomic E-state index is 0.559. The van der Waals surface area contributed by atoms with Crippen molar-refractivity contribution in [3.8, 4) is 67.5 Å². The smallest absolute Gasteiger partial charge is 0.187 e. The molecule has 0 spiro atoms. The summed E-state index contributed by atoms with van der Waals surface area (Å²) < 4.78 is 6.60. The lowest BCUT2D eigenvalue weighted by Crippen LogP contribution is -2.01. The fraction of sp³-hybridized carbons (Fsp3) is 0. The highest BCUT2D eigenvalue weighted by Crippen LogP contribution is 2.41. The summed E-state index contributed by atoms with van der Waals surface area (Å²) in [6, 6.07) is 61.8. The molecule has 0 bridgehead atoms. The molecule has 0 aliphatic rings. The van der Waals surface area contributed by atoms with E-state index >= 15 is 0 Å². The summed E-state index contributed by atoms with van der Waals surface area (Å²) in [5.74, 6) is 1.69. The normalized spacial score (nSPS) is 11.3. The van der Waals surface area contributed by atoms with Crippen LogP contribution in [0.4, 0.5) is 5.69 Å². The zero-order valence-corrected chi connectivity index (χ0v) is 29.5. The second-order valence-corrected chi connectivity index (χ2v) is 13.5. The maximum atomic E-state index is 7.44. The van der Waals surface area contributed by atoms with Gasteiger partial charge in [-0.3, -0.25) is 0 Å². The van der Waals surface area contributed by atoms with E-state index in [0.29, 0.717) is 23.2 Å². The van der Waals surface area contributed by atoms with Gasteiger partial charge in [0.2, 0.25) is 0 Å². The standard InChI is InChI=1S/C50H30N4O/c1-51-38-26-23-34(24-27-38)39-19-8-11-22-42(39)50-53-48(36-18-12-17-35(29-36)32-13-4-2-5-14-32)52-49(54-50)37-25-28-46-44(30-37)45-31-43(33-15-6-3-7-16-33)40-20-9-10-21-41(40)47(45)55-46/h2-31H. The van der Waals surface area contributed by atoms with Gasteiger partial charge in [-0.1, -0.05) is 152 Å². The van der Waals surface area contributed by atoms with E-state index < -0.39 is 0 Å². The Labute approximate surface area is 317 Å². The summed E-state index contributed by atoms with van der Waals surface area (Å²) in [5.41, 5.74) is 11.3. The highest BCUT2D eigenvalue weighted by molar-refractivity contribution is 6.19. The van der Waals surface area contributed by atoms with Gasteiger partial charge in [-0.15, -0.1) is 0 Å². The van der Waals surface area contributed by atoms with Crippen molar-refractivity contribution in [2.45, 2.75) is 0 Å². The number of hydrogen-bond acceptors (Lipinski definition) is 4. The van der Waals surface area contributed by atoms with Gasteiger partial charge in [-0.2, -0.15) is 0 Å². The van der Waals surface area contributed by atoms with E-state index in [1.807, 2.05) is 91.0 Å². The summed E-state index contributed by atoms with van der Waals surface area (Å²) in [6.45, 7) is 7.44. The van der Waals surface area contributed by atoms with Gasteiger partial charge in [0.05, 0.1) is 6.57 Å². The molecular weight excluding hydrogens is 673 g/mol. The Bertz CT molecular complexity index is 3090. The van der Waals surface area contributed by atoms with Crippen LogP contribution in [0.5, 0.6) is 0 Å². The largest absolute Gasteiger partial charge is 0.455 e. The molecule has 0 fully saturated rings. The molecule has 0 atom stereocenters. The Hall–Kier alpha value is -7.68. The fourth-order valence-corrected chi connectivity index (χ4v) is 7.46. The SMILES string of the molecule is [C-]#[N+]c1ccc(-c2ccccc2-c2nc(-c3cccc(-c4ccccc4)c3)nc(-c3ccc4oc5c6ccccc6c(-c6ccccc6)cc5c4c3)n2)cc1. The number of aromatic nitrogens is 3. The molecule has 2 aromatic heterocycles. The summed E-state index contributed by atoms with van der Waals surface area (Å²) >= 11 is 0. The molecule has 55 heavy (non-hydrogen) atoms. The van der Waals surface area contributed by atoms with Gasteiger partial charge >= 0.3 is 0 Å². The molecule has 0 saturated heterocycles. The van der Waals surface area contributed by atoms with Crippen molar-refractivity contribution >= 4 is 38.4 Å². The van der Waals surface area contributed by atoms with E-state index in [4.69, 9.17) is 25.9 Å². The molecule has 0 unspecified atom stereocenters. The second-order valence-electron chi connectivity index (χ2n) is 13.5. The van der Waals surface area contributed by atoms with Gasteiger partial charge < -0.3 is 4.42 Å². The molecule has 0 aliphatic carbocycles. The third kappa shape index (κ3) is 5.79. The van der Waals surface area contributed by atoms with E-state index in [2.05, 4.69) is 95.8 Å². The van der Waals surface area contributed by atoms with E-state index in [9.17, 15) is 0 Å². The first-order valence-electron chi connectivity index (χ1n) is 18.1. The zero-order chi connectivity index (χ0) is 36.7. The van der Waals surface area contributed by atoms with Gasteiger partial charge in [-0.25, -0.2) is 19.8 Å². The number of hydrogen-bond donors (Lipinski definition) is 0. The molecule has 256 valence electrons. The summed E-state index contributed by atoms with van der Waals surface area (Å²) in [5, 5.41) is 4.24. The zero-order valence-electron chi connectivity index (χ0n) is 29.5. The van der Waals surface area contributed by atoms with Crippen LogP contribution in [0.25, 0.3) is 105 Å². The highest BCUT2D eigenvalue weighted by Gasteiger charge is 2.19. The minimum absolute atomic E-state index is 0.559. The molecule has 10 rings (SSSR count). The van der Waals surface area contributed by atoms with Crippen LogP contribution in [0.15, 0.2) is 186 Å². The average Bonchev–Trinajstić information content (AvgIpc) is 3.65. The van der Waals surface area contributed by atoms with E-state index in [0.717, 1.165) is 82.8 Å². The topological polar surface area (TPSA) is 56.2 Å². The first kappa shape index (κ1) is 32.0. The van der Waals surface area contributed by atoms with Crippen molar-refractivity contribution in [3.63, 3.8) is 0 Å². The van der Waals surface area contributed by atoms with Crippen LogP contribution >= 0.6 is 0 Å². The summed E-state index contributed by atoms with van der Waals surface area (Å²) in [7, 11) is 0. The summed E-state index contributed by atoms with van der Waals surface area (Å²) in [4.78, 5) is 19.1. The fourth-order valence-electron chi connectivity index (χ4n) is 7.46. The highest BCUT2D eigenvalue weighted by atomic mass is 16.3. The van der Waals surface area contributed by atoms with Crippen molar-refractivity contribution in [2.24, 2.45) is 0 Å². The molecule has 8 aromatic carbocycles. The van der Waals surface area contributed by atoms with E-state index in [1.54, 1.807) is 0 Å². The third-order valence-electron chi connectivity index (χ3n) is 10.2. The first-order valence-corrected chi connectivity index (χ1v) is 18.1. The third-order valence-corrected chi connectivity index (χ3v) is 10.2. The van der Waals surface area contributed by atoms with Crippen molar-refractivity contribution in [3.05, 3.63) is 193 Å². The number of fused-ring (bicyclic) bond motifs is 5. The molecule has 5 nitrogen and oxygen atoms in total. The number of furan rings is 1.